The van der Waals surface area contributed by atoms with Crippen molar-refractivity contribution in [1.29, 1.82) is 0 Å². The Morgan fingerprint density at radius 2 is 1.53 bits per heavy atom. The summed E-state index contributed by atoms with van der Waals surface area (Å²) in [6.45, 7) is 1.62. The second-order valence-electron chi connectivity index (χ2n) is 11.7. The number of aliphatic hydroxyl groups is 2. The molecule has 3 rings (SSSR count). The number of rotatable bonds is 16. The highest BCUT2D eigenvalue weighted by molar-refractivity contribution is 7.54. The average molecular weight is 664 g/mol. The number of hydrogen-bond acceptors (Lipinski definition) is 12. The number of nitrogens with two attached hydrogens (primary N) is 1. The largest absolute Gasteiger partial charge is 0.461 e. The summed E-state index contributed by atoms with van der Waals surface area (Å²) in [4.78, 5) is 41.6. The van der Waals surface area contributed by atoms with Crippen LogP contribution in [0.5, 0.6) is 0 Å². The maximum absolute atomic E-state index is 16.2. The van der Waals surface area contributed by atoms with Gasteiger partial charge in [0.1, 0.15) is 42.8 Å². The zero-order valence-corrected chi connectivity index (χ0v) is 27.0. The fourth-order valence-corrected chi connectivity index (χ4v) is 6.92. The lowest BCUT2D eigenvalue weighted by Gasteiger charge is -2.34. The van der Waals surface area contributed by atoms with Crippen molar-refractivity contribution in [2.24, 2.45) is 0 Å². The Morgan fingerprint density at radius 1 is 1.04 bits per heavy atom. The first-order valence-corrected chi connectivity index (χ1v) is 17.1. The maximum Gasteiger partial charge on any atom is 0.351 e. The number of carbonyl (C=O) groups is 2. The third-order valence-corrected chi connectivity index (χ3v) is 9.77. The maximum atomic E-state index is 16.2. The van der Waals surface area contributed by atoms with Gasteiger partial charge in [-0.3, -0.25) is 23.2 Å². The first-order chi connectivity index (χ1) is 21.2. The Morgan fingerprint density at radius 3 is 1.96 bits per heavy atom. The van der Waals surface area contributed by atoms with E-state index in [2.05, 4.69) is 15.2 Å². The summed E-state index contributed by atoms with van der Waals surface area (Å²) in [6, 6.07) is -1.23. The van der Waals surface area contributed by atoms with Gasteiger partial charge in [-0.2, -0.15) is 4.98 Å². The number of esters is 2. The number of anilines is 1. The van der Waals surface area contributed by atoms with Crippen LogP contribution in [0, 0.1) is 0 Å². The molecule has 0 aromatic carbocycles. The summed E-state index contributed by atoms with van der Waals surface area (Å²) in [5, 5.41) is 25.2. The molecule has 0 bridgehead atoms. The number of aliphatic hydroxyl groups excluding tert-OH is 2. The van der Waals surface area contributed by atoms with Crippen molar-refractivity contribution in [3.05, 3.63) is 22.7 Å². The van der Waals surface area contributed by atoms with Gasteiger partial charge in [-0.15, -0.1) is 0 Å². The van der Waals surface area contributed by atoms with E-state index in [0.29, 0.717) is 25.7 Å². The van der Waals surface area contributed by atoms with Crippen LogP contribution < -0.4 is 21.6 Å². The van der Waals surface area contributed by atoms with E-state index >= 15 is 4.39 Å². The molecule has 1 heterocycles. The van der Waals surface area contributed by atoms with Crippen LogP contribution >= 0.6 is 7.67 Å². The highest BCUT2D eigenvalue weighted by Gasteiger charge is 2.44. The molecule has 256 valence electrons. The minimum atomic E-state index is -4.51. The minimum absolute atomic E-state index is 0.122. The summed E-state index contributed by atoms with van der Waals surface area (Å²) < 4.78 is 52.9. The Bertz CT molecular complexity index is 1180. The molecule has 17 heteroatoms. The first-order valence-electron chi connectivity index (χ1n) is 15.5. The van der Waals surface area contributed by atoms with Crippen molar-refractivity contribution in [2.45, 2.75) is 127 Å². The van der Waals surface area contributed by atoms with E-state index in [0.717, 1.165) is 56.2 Å². The summed E-state index contributed by atoms with van der Waals surface area (Å²) in [5.41, 5.74) is 4.53. The van der Waals surface area contributed by atoms with Crippen molar-refractivity contribution in [2.75, 3.05) is 18.9 Å². The van der Waals surface area contributed by atoms with Crippen molar-refractivity contribution in [1.82, 2.24) is 19.7 Å². The van der Waals surface area contributed by atoms with Crippen molar-refractivity contribution < 1.29 is 47.5 Å². The number of aromatic nitrogens is 2. The van der Waals surface area contributed by atoms with E-state index in [9.17, 15) is 29.2 Å². The van der Waals surface area contributed by atoms with Crippen molar-refractivity contribution in [3.63, 3.8) is 0 Å². The van der Waals surface area contributed by atoms with Gasteiger partial charge < -0.3 is 30.2 Å². The van der Waals surface area contributed by atoms with Crippen LogP contribution in [0.1, 0.15) is 91.2 Å². The van der Waals surface area contributed by atoms with Gasteiger partial charge in [0.25, 0.3) is 5.85 Å². The molecule has 2 saturated carbocycles. The predicted molar refractivity (Wildman–Crippen MR) is 160 cm³/mol. The van der Waals surface area contributed by atoms with Gasteiger partial charge in [0, 0.05) is 6.20 Å². The molecule has 2 aliphatic rings. The quantitative estimate of drug-likeness (QED) is 0.127. The minimum Gasteiger partial charge on any atom is -0.461 e. The van der Waals surface area contributed by atoms with Crippen LogP contribution in [0.2, 0.25) is 0 Å². The van der Waals surface area contributed by atoms with E-state index in [4.69, 9.17) is 24.5 Å². The number of carbonyl (C=O) groups excluding carboxylic acids is 2. The smallest absolute Gasteiger partial charge is 0.351 e. The van der Waals surface area contributed by atoms with Gasteiger partial charge in [-0.05, 0) is 78.2 Å². The molecule has 0 amide bonds. The summed E-state index contributed by atoms with van der Waals surface area (Å²) >= 11 is 0. The summed E-state index contributed by atoms with van der Waals surface area (Å²) in [5.74, 6) is -4.73. The number of nitrogens with one attached hydrogen (secondary N) is 2. The molecule has 2 aliphatic carbocycles. The topological polar surface area (TPSA) is 214 Å². The second-order valence-corrected chi connectivity index (χ2v) is 13.6. The van der Waals surface area contributed by atoms with Crippen LogP contribution in [0.15, 0.2) is 17.1 Å². The number of hydrogen-bond donors (Lipinski definition) is 5. The molecular formula is C28H47FN5O10P. The van der Waals surface area contributed by atoms with Gasteiger partial charge in [0.15, 0.2) is 6.23 Å². The Labute approximate surface area is 261 Å². The molecule has 1 aromatic rings. The molecule has 0 saturated heterocycles. The Hall–Kier alpha value is -2.46. The molecule has 15 nitrogen and oxygen atoms in total. The third-order valence-electron chi connectivity index (χ3n) is 7.82. The number of nitrogens with zero attached hydrogens (tertiary/aromatic N) is 2. The number of nitrogen functional groups attached to an aromatic ring is 1. The zero-order valence-electron chi connectivity index (χ0n) is 26.1. The SMILES string of the molecule is C[C@H](NP(=O)(N[C@@H](C)C(=O)OC1CCCCC1)OC[C@@](F)(O[C@H](CO)n1ccc(N)nc1=O)[C@H](C)O)C(=O)OC1CCCCC1. The van der Waals surface area contributed by atoms with E-state index in [1.807, 2.05) is 0 Å². The lowest BCUT2D eigenvalue weighted by molar-refractivity contribution is -0.264. The molecule has 0 aliphatic heterocycles. The van der Waals surface area contributed by atoms with Gasteiger partial charge in [-0.1, -0.05) is 12.8 Å². The van der Waals surface area contributed by atoms with E-state index in [1.54, 1.807) is 0 Å². The Balaban J connectivity index is 1.78. The molecule has 6 N–H and O–H groups in total. The molecule has 0 radical (unpaired) electrons. The van der Waals surface area contributed by atoms with Gasteiger partial charge in [0.2, 0.25) is 0 Å². The molecule has 5 atom stereocenters. The van der Waals surface area contributed by atoms with Crippen LogP contribution in [0.4, 0.5) is 10.2 Å². The van der Waals surface area contributed by atoms with E-state index in [1.165, 1.54) is 19.9 Å². The van der Waals surface area contributed by atoms with Crippen LogP contribution in [-0.4, -0.2) is 81.2 Å². The van der Waals surface area contributed by atoms with Crippen molar-refractivity contribution >= 4 is 25.4 Å². The third kappa shape index (κ3) is 11.1. The van der Waals surface area contributed by atoms with Crippen LogP contribution in [0.3, 0.4) is 0 Å². The van der Waals surface area contributed by atoms with Crippen molar-refractivity contribution in [3.8, 4) is 0 Å². The molecule has 0 unspecified atom stereocenters. The molecule has 2 fully saturated rings. The summed E-state index contributed by atoms with van der Waals surface area (Å²) in [7, 11) is -4.51. The van der Waals surface area contributed by atoms with E-state index < -0.39 is 68.8 Å². The molecular weight excluding hydrogens is 616 g/mol. The first kappa shape index (κ1) is 37.0. The van der Waals surface area contributed by atoms with Crippen LogP contribution in [0.25, 0.3) is 0 Å². The lowest BCUT2D eigenvalue weighted by Crippen LogP contribution is -2.49. The predicted octanol–water partition coefficient (Wildman–Crippen LogP) is 2.21. The van der Waals surface area contributed by atoms with Gasteiger partial charge >= 0.3 is 25.3 Å². The van der Waals surface area contributed by atoms with Gasteiger partial charge in [-0.25, -0.2) is 19.4 Å². The number of ether oxygens (including phenoxy) is 3. The molecule has 1 aromatic heterocycles. The fraction of sp³-hybridized carbons (Fsp3) is 0.786. The zero-order chi connectivity index (χ0) is 33.2. The highest BCUT2D eigenvalue weighted by atomic mass is 31.2. The average Bonchev–Trinajstić information content (AvgIpc) is 3.00. The fourth-order valence-electron chi connectivity index (χ4n) is 5.11. The highest BCUT2D eigenvalue weighted by Crippen LogP contribution is 2.42. The lowest BCUT2D eigenvalue weighted by atomic mass is 9.98. The number of alkyl halides is 1. The number of halogens is 1. The Kier molecular flexibility index (Phi) is 13.9. The standard InChI is InChI=1S/C28H47FN5O10P/c1-18(25(37)42-21-10-6-4-7-11-21)32-45(40,33-19(2)26(38)43-22-12-8-5-9-13-22)41-17-28(29,20(3)36)44-24(16-35)34-15-14-23(30)31-27(34)39/h14-15,18-22,24,35-36H,4-13,16-17H2,1-3H3,(H2,30,31,39)(H2,32,33,40)/t18-,19-,20-,24+,28+/m0/s1. The molecule has 0 spiro atoms. The normalized spacial score (nSPS) is 20.8. The van der Waals surface area contributed by atoms with E-state index in [-0.39, 0.29) is 18.0 Å². The second kappa shape index (κ2) is 16.9. The molecule has 45 heavy (non-hydrogen) atoms. The van der Waals surface area contributed by atoms with Gasteiger partial charge in [0.05, 0.1) is 6.61 Å². The summed E-state index contributed by atoms with van der Waals surface area (Å²) in [6.07, 6.45) is 5.41. The van der Waals surface area contributed by atoms with Crippen LogP contribution in [-0.2, 0) is 32.9 Å². The monoisotopic (exact) mass is 663 g/mol.